The summed E-state index contributed by atoms with van der Waals surface area (Å²) in [5.74, 6) is -0.0599. The Morgan fingerprint density at radius 2 is 2.47 bits per heavy atom. The lowest BCUT2D eigenvalue weighted by molar-refractivity contribution is 0.0420. The van der Waals surface area contributed by atoms with Gasteiger partial charge in [0.05, 0.1) is 13.2 Å². The summed E-state index contributed by atoms with van der Waals surface area (Å²) in [7, 11) is 1.29. The van der Waals surface area contributed by atoms with E-state index in [-0.39, 0.29) is 11.9 Å². The minimum atomic E-state index is -0.739. The van der Waals surface area contributed by atoms with Gasteiger partial charge in [-0.3, -0.25) is 0 Å². The van der Waals surface area contributed by atoms with Gasteiger partial charge in [0, 0.05) is 13.0 Å². The van der Waals surface area contributed by atoms with Gasteiger partial charge in [0.25, 0.3) is 0 Å². The largest absolute Gasteiger partial charge is 0.463 e. The summed E-state index contributed by atoms with van der Waals surface area (Å²) in [4.78, 5) is 11.2. The van der Waals surface area contributed by atoms with E-state index in [9.17, 15) is 9.90 Å². The van der Waals surface area contributed by atoms with Gasteiger partial charge in [-0.05, 0) is 25.0 Å². The molecule has 0 spiro atoms. The molecule has 1 aromatic heterocycles. The third-order valence-corrected chi connectivity index (χ3v) is 2.85. The third kappa shape index (κ3) is 2.87. The summed E-state index contributed by atoms with van der Waals surface area (Å²) >= 11 is 0. The molecule has 2 unspecified atom stereocenters. The summed E-state index contributed by atoms with van der Waals surface area (Å²) in [6, 6.07) is 3.09. The molecule has 0 aromatic carbocycles. The maximum Gasteiger partial charge on any atom is 0.373 e. The first-order chi connectivity index (χ1) is 8.20. The molecule has 1 N–H and O–H groups in total. The Morgan fingerprint density at radius 1 is 1.65 bits per heavy atom. The number of furan rings is 1. The number of ether oxygens (including phenoxy) is 2. The van der Waals surface area contributed by atoms with Gasteiger partial charge in [0.1, 0.15) is 11.9 Å². The van der Waals surface area contributed by atoms with E-state index in [1.165, 1.54) is 13.2 Å². The van der Waals surface area contributed by atoms with Crippen LogP contribution in [0.25, 0.3) is 0 Å². The maximum atomic E-state index is 11.2. The van der Waals surface area contributed by atoms with Crippen molar-refractivity contribution in [2.75, 3.05) is 13.7 Å². The zero-order valence-electron chi connectivity index (χ0n) is 9.72. The lowest BCUT2D eigenvalue weighted by Crippen LogP contribution is -2.10. The summed E-state index contributed by atoms with van der Waals surface area (Å²) in [6.45, 7) is 0.753. The van der Waals surface area contributed by atoms with Gasteiger partial charge in [0.2, 0.25) is 5.76 Å². The Morgan fingerprint density at radius 3 is 3.12 bits per heavy atom. The fourth-order valence-electron chi connectivity index (χ4n) is 1.94. The molecule has 2 atom stereocenters. The number of methoxy groups -OCH3 is 1. The summed E-state index contributed by atoms with van der Waals surface area (Å²) in [6.07, 6.45) is 1.83. The molecule has 5 nitrogen and oxygen atoms in total. The molecular weight excluding hydrogens is 224 g/mol. The van der Waals surface area contributed by atoms with Crippen LogP contribution in [-0.4, -0.2) is 30.9 Å². The Balaban J connectivity index is 1.96. The molecule has 17 heavy (non-hydrogen) atoms. The van der Waals surface area contributed by atoms with Crippen LogP contribution < -0.4 is 0 Å². The number of aliphatic hydroxyl groups excluding tert-OH is 1. The first kappa shape index (κ1) is 12.1. The van der Waals surface area contributed by atoms with E-state index >= 15 is 0 Å². The summed E-state index contributed by atoms with van der Waals surface area (Å²) in [5, 5.41) is 9.92. The summed E-state index contributed by atoms with van der Waals surface area (Å²) < 4.78 is 15.2. The highest BCUT2D eigenvalue weighted by atomic mass is 16.5. The zero-order chi connectivity index (χ0) is 12.3. The van der Waals surface area contributed by atoms with Gasteiger partial charge >= 0.3 is 5.97 Å². The highest BCUT2D eigenvalue weighted by Crippen LogP contribution is 2.26. The Labute approximate surface area is 99.3 Å². The molecular formula is C12H16O5. The molecule has 0 radical (unpaired) electrons. The van der Waals surface area contributed by atoms with E-state index in [1.54, 1.807) is 6.07 Å². The summed E-state index contributed by atoms with van der Waals surface area (Å²) in [5.41, 5.74) is 0. The Hall–Kier alpha value is -1.33. The quantitative estimate of drug-likeness (QED) is 0.811. The minimum Gasteiger partial charge on any atom is -0.463 e. The highest BCUT2D eigenvalue weighted by molar-refractivity contribution is 5.86. The highest BCUT2D eigenvalue weighted by Gasteiger charge is 2.23. The molecule has 5 heteroatoms. The van der Waals surface area contributed by atoms with E-state index in [2.05, 4.69) is 4.74 Å². The van der Waals surface area contributed by atoms with Crippen LogP contribution in [0.15, 0.2) is 16.5 Å². The van der Waals surface area contributed by atoms with Gasteiger partial charge < -0.3 is 19.0 Å². The molecule has 0 saturated carbocycles. The molecule has 94 valence electrons. The van der Waals surface area contributed by atoms with Crippen LogP contribution in [0.2, 0.25) is 0 Å². The van der Waals surface area contributed by atoms with E-state index < -0.39 is 12.1 Å². The lowest BCUT2D eigenvalue weighted by atomic mass is 10.1. The van der Waals surface area contributed by atoms with E-state index in [0.717, 1.165) is 19.4 Å². The van der Waals surface area contributed by atoms with Crippen molar-refractivity contribution in [1.82, 2.24) is 0 Å². The van der Waals surface area contributed by atoms with Gasteiger partial charge in [-0.25, -0.2) is 4.79 Å². The SMILES string of the molecule is COC(=O)c1ccc(C(O)CC2CCCO2)o1. The molecule has 0 aliphatic carbocycles. The fourth-order valence-corrected chi connectivity index (χ4v) is 1.94. The topological polar surface area (TPSA) is 68.9 Å². The molecule has 1 aliphatic heterocycles. The monoisotopic (exact) mass is 240 g/mol. The molecule has 1 aromatic rings. The second-order valence-corrected chi connectivity index (χ2v) is 4.08. The van der Waals surface area contributed by atoms with Crippen LogP contribution in [0.4, 0.5) is 0 Å². The van der Waals surface area contributed by atoms with E-state index in [1.807, 2.05) is 0 Å². The lowest BCUT2D eigenvalue weighted by Gasteiger charge is -2.12. The van der Waals surface area contributed by atoms with Crippen LogP contribution in [0.3, 0.4) is 0 Å². The molecule has 0 bridgehead atoms. The van der Waals surface area contributed by atoms with Crippen LogP contribution in [0.1, 0.15) is 41.7 Å². The van der Waals surface area contributed by atoms with E-state index in [4.69, 9.17) is 9.15 Å². The third-order valence-electron chi connectivity index (χ3n) is 2.85. The van der Waals surface area contributed by atoms with Crippen molar-refractivity contribution in [3.05, 3.63) is 23.7 Å². The van der Waals surface area contributed by atoms with Gasteiger partial charge in [-0.15, -0.1) is 0 Å². The molecule has 1 saturated heterocycles. The second-order valence-electron chi connectivity index (χ2n) is 4.08. The van der Waals surface area contributed by atoms with Gasteiger partial charge in [-0.2, -0.15) is 0 Å². The van der Waals surface area contributed by atoms with Crippen molar-refractivity contribution in [2.24, 2.45) is 0 Å². The number of rotatable bonds is 4. The number of esters is 1. The standard InChI is InChI=1S/C12H16O5/c1-15-12(14)11-5-4-10(17-11)9(13)7-8-3-2-6-16-8/h4-5,8-9,13H,2-3,6-7H2,1H3. The van der Waals surface area contributed by atoms with Crippen LogP contribution >= 0.6 is 0 Å². The van der Waals surface area contributed by atoms with Crippen molar-refractivity contribution in [3.8, 4) is 0 Å². The van der Waals surface area contributed by atoms with Crippen molar-refractivity contribution in [1.29, 1.82) is 0 Å². The fraction of sp³-hybridized carbons (Fsp3) is 0.583. The number of aliphatic hydroxyl groups is 1. The first-order valence-corrected chi connectivity index (χ1v) is 5.68. The molecule has 2 heterocycles. The molecule has 0 amide bonds. The molecule has 1 fully saturated rings. The smallest absolute Gasteiger partial charge is 0.373 e. The van der Waals surface area contributed by atoms with Crippen molar-refractivity contribution >= 4 is 5.97 Å². The molecule has 1 aliphatic rings. The van der Waals surface area contributed by atoms with Crippen molar-refractivity contribution in [2.45, 2.75) is 31.5 Å². The van der Waals surface area contributed by atoms with Crippen molar-refractivity contribution in [3.63, 3.8) is 0 Å². The number of hydrogen-bond donors (Lipinski definition) is 1. The Kier molecular flexibility index (Phi) is 3.81. The Bertz CT molecular complexity index is 378. The minimum absolute atomic E-state index is 0.0803. The normalized spacial score (nSPS) is 21.4. The predicted octanol–water partition coefficient (Wildman–Crippen LogP) is 1.67. The first-order valence-electron chi connectivity index (χ1n) is 5.68. The number of hydrogen-bond acceptors (Lipinski definition) is 5. The average molecular weight is 240 g/mol. The average Bonchev–Trinajstić information content (AvgIpc) is 2.98. The predicted molar refractivity (Wildman–Crippen MR) is 58.6 cm³/mol. The second kappa shape index (κ2) is 5.33. The van der Waals surface area contributed by atoms with Crippen LogP contribution in [-0.2, 0) is 9.47 Å². The number of carbonyl (C=O) groups excluding carboxylic acids is 1. The van der Waals surface area contributed by atoms with Crippen LogP contribution in [0, 0.1) is 0 Å². The van der Waals surface area contributed by atoms with Gasteiger partial charge in [0.15, 0.2) is 0 Å². The number of carbonyl (C=O) groups is 1. The maximum absolute atomic E-state index is 11.2. The van der Waals surface area contributed by atoms with Gasteiger partial charge in [-0.1, -0.05) is 0 Å². The van der Waals surface area contributed by atoms with Crippen molar-refractivity contribution < 1.29 is 23.8 Å². The zero-order valence-corrected chi connectivity index (χ0v) is 9.72. The molecule has 2 rings (SSSR count). The van der Waals surface area contributed by atoms with E-state index in [0.29, 0.717) is 12.2 Å². The van der Waals surface area contributed by atoms with Crippen LogP contribution in [0.5, 0.6) is 0 Å².